The van der Waals surface area contributed by atoms with Crippen LogP contribution in [0.5, 0.6) is 0 Å². The van der Waals surface area contributed by atoms with Gasteiger partial charge in [-0.3, -0.25) is 0 Å². The lowest BCUT2D eigenvalue weighted by atomic mass is 10.3. The van der Waals surface area contributed by atoms with Crippen LogP contribution in [0.15, 0.2) is 114 Å². The number of benzene rings is 4. The van der Waals surface area contributed by atoms with E-state index in [1.54, 1.807) is 0 Å². The van der Waals surface area contributed by atoms with Gasteiger partial charge in [-0.25, -0.2) is 42.8 Å². The van der Waals surface area contributed by atoms with Gasteiger partial charge in [0, 0.05) is 0 Å². The average Bonchev–Trinajstić information content (AvgIpc) is 2.84. The van der Waals surface area contributed by atoms with E-state index in [1.165, 1.54) is 0 Å². The van der Waals surface area contributed by atoms with E-state index in [9.17, 15) is 42.8 Å². The normalized spacial score (nSPS) is 12.4. The Kier molecular flexibility index (Phi) is 6.73. The molecule has 192 valence electrons. The van der Waals surface area contributed by atoms with Crippen LogP contribution in [0.25, 0.3) is 0 Å². The molecule has 0 heterocycles. The zero-order valence-electron chi connectivity index (χ0n) is 18.3. The highest BCUT2D eigenvalue weighted by Gasteiger charge is 2.35. The summed E-state index contributed by atoms with van der Waals surface area (Å²) in [5.74, 6) is -3.92. The van der Waals surface area contributed by atoms with Crippen molar-refractivity contribution in [3.05, 3.63) is 108 Å². The molecule has 13 heteroatoms. The minimum atomic E-state index is -5.23. The van der Waals surface area contributed by atoms with Crippen LogP contribution in [0.2, 0.25) is 0 Å². The lowest BCUT2D eigenvalue weighted by Crippen LogP contribution is -2.15. The number of rotatable bonds is 6. The summed E-state index contributed by atoms with van der Waals surface area (Å²) in [4.78, 5) is -5.30. The highest BCUT2D eigenvalue weighted by Crippen LogP contribution is 2.36. The summed E-state index contributed by atoms with van der Waals surface area (Å²) in [5.41, 5.74) is 0. The van der Waals surface area contributed by atoms with E-state index in [4.69, 9.17) is 0 Å². The van der Waals surface area contributed by atoms with Gasteiger partial charge < -0.3 is 0 Å². The predicted molar refractivity (Wildman–Crippen MR) is 122 cm³/mol. The first-order valence-electron chi connectivity index (χ1n) is 10.1. The van der Waals surface area contributed by atoms with Gasteiger partial charge in [-0.2, -0.15) is 0 Å². The molecule has 0 fully saturated rings. The molecule has 0 aliphatic carbocycles. The van der Waals surface area contributed by atoms with Crippen molar-refractivity contribution in [2.75, 3.05) is 0 Å². The van der Waals surface area contributed by atoms with Crippen molar-refractivity contribution in [2.45, 2.75) is 29.4 Å². The Hall–Kier alpha value is -3.55. The Morgan fingerprint density at radius 3 is 0.973 bits per heavy atom. The predicted octanol–water partition coefficient (Wildman–Crippen LogP) is 4.74. The van der Waals surface area contributed by atoms with Gasteiger partial charge in [0.15, 0.2) is 0 Å². The standard InChI is InChI=1S/C24H14F4O6S3/c25-15-1-7-19(8-2-15)35(29,30)21-11-5-17(27)13-23(21)37(33,34)24-14-18(28)6-12-22(24)36(31,32)20-9-3-16(26)4-10-20/h1-14H. The van der Waals surface area contributed by atoms with Crippen molar-refractivity contribution < 1.29 is 42.8 Å². The number of sulfone groups is 3. The molecule has 0 aliphatic heterocycles. The second-order valence-electron chi connectivity index (χ2n) is 7.60. The third kappa shape index (κ3) is 4.89. The molecule has 0 unspecified atom stereocenters. The monoisotopic (exact) mass is 570 g/mol. The maximum Gasteiger partial charge on any atom is 0.209 e. The highest BCUT2D eigenvalue weighted by molar-refractivity contribution is 7.96. The largest absolute Gasteiger partial charge is 0.218 e. The Labute approximate surface area is 209 Å². The molecule has 0 atom stereocenters. The lowest BCUT2D eigenvalue weighted by molar-refractivity contribution is 0.568. The van der Waals surface area contributed by atoms with Gasteiger partial charge in [0.05, 0.1) is 29.4 Å². The van der Waals surface area contributed by atoms with E-state index in [2.05, 4.69) is 0 Å². The summed E-state index contributed by atoms with van der Waals surface area (Å²) >= 11 is 0. The SMILES string of the molecule is O=S(=O)(c1ccc(F)cc1)c1ccc(F)cc1S(=O)(=O)c1cc(F)ccc1S(=O)(=O)c1ccc(F)cc1. The van der Waals surface area contributed by atoms with Crippen LogP contribution in [0.3, 0.4) is 0 Å². The zero-order valence-corrected chi connectivity index (χ0v) is 20.7. The molecule has 0 aliphatic rings. The molecule has 4 aromatic rings. The Morgan fingerprint density at radius 2 is 0.649 bits per heavy atom. The quantitative estimate of drug-likeness (QED) is 0.245. The van der Waals surface area contributed by atoms with Gasteiger partial charge in [-0.1, -0.05) is 0 Å². The molecule has 0 saturated carbocycles. The average molecular weight is 571 g/mol. The second-order valence-corrected chi connectivity index (χ2v) is 13.3. The van der Waals surface area contributed by atoms with Crippen LogP contribution in [-0.2, 0) is 29.5 Å². The minimum Gasteiger partial charge on any atom is -0.218 e. The van der Waals surface area contributed by atoms with Crippen molar-refractivity contribution in [1.29, 1.82) is 0 Å². The summed E-state index contributed by atoms with van der Waals surface area (Å²) in [6.45, 7) is 0. The topological polar surface area (TPSA) is 102 Å². The molecule has 0 aromatic heterocycles. The van der Waals surface area contributed by atoms with Crippen molar-refractivity contribution in [3.8, 4) is 0 Å². The van der Waals surface area contributed by atoms with Crippen LogP contribution >= 0.6 is 0 Å². The van der Waals surface area contributed by atoms with E-state index in [0.29, 0.717) is 36.4 Å². The van der Waals surface area contributed by atoms with Crippen molar-refractivity contribution >= 4 is 29.5 Å². The first-order valence-corrected chi connectivity index (χ1v) is 14.5. The van der Waals surface area contributed by atoms with Crippen LogP contribution in [0, 0.1) is 23.3 Å². The molecule has 0 saturated heterocycles. The molecule has 0 radical (unpaired) electrons. The van der Waals surface area contributed by atoms with Crippen molar-refractivity contribution in [1.82, 2.24) is 0 Å². The third-order valence-corrected chi connectivity index (χ3v) is 11.0. The number of hydrogen-bond acceptors (Lipinski definition) is 6. The first-order chi connectivity index (χ1) is 17.2. The maximum atomic E-state index is 14.2. The number of halogens is 4. The maximum absolute atomic E-state index is 14.2. The zero-order chi connectivity index (χ0) is 27.2. The summed E-state index contributed by atoms with van der Waals surface area (Å²) in [6, 6.07) is 10.00. The Balaban J connectivity index is 2.00. The van der Waals surface area contributed by atoms with Crippen LogP contribution in [0.1, 0.15) is 0 Å². The lowest BCUT2D eigenvalue weighted by Gasteiger charge is -2.15. The molecule has 4 aromatic carbocycles. The minimum absolute atomic E-state index is 0.352. The molecular formula is C24H14F4O6S3. The fourth-order valence-electron chi connectivity index (χ4n) is 3.43. The fraction of sp³-hybridized carbons (Fsp3) is 0. The molecule has 0 spiro atoms. The summed E-state index contributed by atoms with van der Waals surface area (Å²) in [7, 11) is -14.6. The summed E-state index contributed by atoms with van der Waals surface area (Å²) < 4.78 is 135. The van der Waals surface area contributed by atoms with Gasteiger partial charge >= 0.3 is 0 Å². The number of hydrogen-bond donors (Lipinski definition) is 0. The van der Waals surface area contributed by atoms with Gasteiger partial charge in [0.25, 0.3) is 0 Å². The highest BCUT2D eigenvalue weighted by atomic mass is 32.2. The van der Waals surface area contributed by atoms with Crippen LogP contribution < -0.4 is 0 Å². The van der Waals surface area contributed by atoms with Crippen molar-refractivity contribution in [2.24, 2.45) is 0 Å². The van der Waals surface area contributed by atoms with Crippen LogP contribution in [0.4, 0.5) is 17.6 Å². The van der Waals surface area contributed by atoms with Gasteiger partial charge in [0.1, 0.15) is 23.3 Å². The van der Waals surface area contributed by atoms with Gasteiger partial charge in [-0.15, -0.1) is 0 Å². The van der Waals surface area contributed by atoms with Gasteiger partial charge in [0.2, 0.25) is 29.5 Å². The van der Waals surface area contributed by atoms with E-state index in [0.717, 1.165) is 48.5 Å². The van der Waals surface area contributed by atoms with E-state index >= 15 is 0 Å². The van der Waals surface area contributed by atoms with Crippen molar-refractivity contribution in [3.63, 3.8) is 0 Å². The molecule has 4 rings (SSSR count). The third-order valence-electron chi connectivity index (χ3n) is 5.22. The molecule has 0 amide bonds. The molecule has 0 N–H and O–H groups in total. The van der Waals surface area contributed by atoms with E-state index in [-0.39, 0.29) is 0 Å². The Bertz CT molecular complexity index is 1700. The molecule has 0 bridgehead atoms. The second kappa shape index (κ2) is 9.39. The Morgan fingerprint density at radius 1 is 0.351 bits per heavy atom. The molecule has 37 heavy (non-hydrogen) atoms. The summed E-state index contributed by atoms with van der Waals surface area (Å²) in [5, 5.41) is 0. The van der Waals surface area contributed by atoms with Gasteiger partial charge in [-0.05, 0) is 84.9 Å². The fourth-order valence-corrected chi connectivity index (χ4v) is 8.82. The first kappa shape index (κ1) is 26.5. The molecular weight excluding hydrogens is 556 g/mol. The van der Waals surface area contributed by atoms with Crippen LogP contribution in [-0.4, -0.2) is 25.3 Å². The molecule has 6 nitrogen and oxygen atoms in total. The summed E-state index contributed by atoms with van der Waals surface area (Å²) in [6.07, 6.45) is 0. The van der Waals surface area contributed by atoms with E-state index in [1.807, 2.05) is 0 Å². The van der Waals surface area contributed by atoms with E-state index < -0.39 is 82.2 Å². The smallest absolute Gasteiger partial charge is 0.209 e.